The number of nitrogens with zero attached hydrogens (tertiary/aromatic N) is 4. The van der Waals surface area contributed by atoms with Crippen LogP contribution < -0.4 is 10.9 Å². The lowest BCUT2D eigenvalue weighted by Crippen LogP contribution is -2.28. The van der Waals surface area contributed by atoms with Gasteiger partial charge in [0, 0.05) is 6.07 Å². The molecule has 0 aliphatic rings. The SMILES string of the molecule is O=C(Cn1cnc2c(cnn2CCO)c1=O)Nc1ccc(F)cc1F. The Morgan fingerprint density at radius 3 is 2.84 bits per heavy atom. The molecule has 25 heavy (non-hydrogen) atoms. The van der Waals surface area contributed by atoms with Crippen molar-refractivity contribution >= 4 is 22.6 Å². The average molecular weight is 349 g/mol. The van der Waals surface area contributed by atoms with E-state index in [0.717, 1.165) is 16.7 Å². The number of aliphatic hydroxyl groups excluding tert-OH is 1. The largest absolute Gasteiger partial charge is 0.394 e. The number of halogens is 2. The molecule has 8 nitrogen and oxygen atoms in total. The maximum absolute atomic E-state index is 13.5. The zero-order valence-electron chi connectivity index (χ0n) is 12.8. The fraction of sp³-hybridized carbons (Fsp3) is 0.200. The lowest BCUT2D eigenvalue weighted by Gasteiger charge is -2.08. The normalized spacial score (nSPS) is 11.0. The van der Waals surface area contributed by atoms with E-state index >= 15 is 0 Å². The summed E-state index contributed by atoms with van der Waals surface area (Å²) >= 11 is 0. The van der Waals surface area contributed by atoms with Gasteiger partial charge >= 0.3 is 0 Å². The van der Waals surface area contributed by atoms with E-state index in [1.54, 1.807) is 0 Å². The lowest BCUT2D eigenvalue weighted by molar-refractivity contribution is -0.116. The van der Waals surface area contributed by atoms with Gasteiger partial charge in [0.25, 0.3) is 5.56 Å². The smallest absolute Gasteiger partial charge is 0.264 e. The van der Waals surface area contributed by atoms with E-state index in [0.29, 0.717) is 11.7 Å². The van der Waals surface area contributed by atoms with Crippen LogP contribution in [-0.2, 0) is 17.9 Å². The van der Waals surface area contributed by atoms with Crippen LogP contribution in [-0.4, -0.2) is 37.0 Å². The molecule has 0 radical (unpaired) electrons. The zero-order valence-corrected chi connectivity index (χ0v) is 12.8. The van der Waals surface area contributed by atoms with E-state index in [9.17, 15) is 18.4 Å². The quantitative estimate of drug-likeness (QED) is 0.698. The molecule has 0 saturated carbocycles. The molecule has 2 heterocycles. The van der Waals surface area contributed by atoms with Crippen LogP contribution in [0.5, 0.6) is 0 Å². The minimum atomic E-state index is -0.917. The van der Waals surface area contributed by atoms with Crippen molar-refractivity contribution in [3.05, 3.63) is 52.7 Å². The third kappa shape index (κ3) is 3.38. The van der Waals surface area contributed by atoms with Gasteiger partial charge < -0.3 is 10.4 Å². The fourth-order valence-electron chi connectivity index (χ4n) is 2.30. The van der Waals surface area contributed by atoms with E-state index in [1.165, 1.54) is 17.2 Å². The van der Waals surface area contributed by atoms with Crippen molar-refractivity contribution in [2.75, 3.05) is 11.9 Å². The molecule has 0 bridgehead atoms. The van der Waals surface area contributed by atoms with E-state index in [4.69, 9.17) is 5.11 Å². The van der Waals surface area contributed by atoms with Crippen LogP contribution in [0.2, 0.25) is 0 Å². The molecule has 0 unspecified atom stereocenters. The van der Waals surface area contributed by atoms with E-state index in [-0.39, 0.29) is 24.2 Å². The highest BCUT2D eigenvalue weighted by Gasteiger charge is 2.13. The van der Waals surface area contributed by atoms with Crippen LogP contribution in [0, 0.1) is 11.6 Å². The van der Waals surface area contributed by atoms with Crippen LogP contribution in [0.3, 0.4) is 0 Å². The number of amides is 1. The zero-order chi connectivity index (χ0) is 18.0. The van der Waals surface area contributed by atoms with Crippen LogP contribution in [0.25, 0.3) is 11.0 Å². The minimum Gasteiger partial charge on any atom is -0.394 e. The molecule has 10 heteroatoms. The van der Waals surface area contributed by atoms with Gasteiger partial charge in [0.2, 0.25) is 5.91 Å². The maximum atomic E-state index is 13.5. The standard InChI is InChI=1S/C15H13F2N5O3/c16-9-1-2-12(11(17)5-9)20-13(24)7-21-8-18-14-10(15(21)25)6-19-22(14)3-4-23/h1-2,5-6,8,23H,3-4,7H2,(H,20,24). The molecule has 0 fully saturated rings. The number of rotatable bonds is 5. The topological polar surface area (TPSA) is 102 Å². The second-order valence-corrected chi connectivity index (χ2v) is 5.18. The van der Waals surface area contributed by atoms with Gasteiger partial charge in [-0.25, -0.2) is 18.4 Å². The molecule has 2 N–H and O–H groups in total. The van der Waals surface area contributed by atoms with Gasteiger partial charge in [0.1, 0.15) is 29.9 Å². The van der Waals surface area contributed by atoms with Crippen LogP contribution in [0.15, 0.2) is 35.5 Å². The van der Waals surface area contributed by atoms with Crippen molar-refractivity contribution in [2.45, 2.75) is 13.1 Å². The number of aliphatic hydroxyl groups is 1. The van der Waals surface area contributed by atoms with Gasteiger partial charge in [0.15, 0.2) is 5.65 Å². The van der Waals surface area contributed by atoms with Crippen molar-refractivity contribution in [3.8, 4) is 0 Å². The maximum Gasteiger partial charge on any atom is 0.264 e. The van der Waals surface area contributed by atoms with Gasteiger partial charge in [-0.1, -0.05) is 0 Å². The van der Waals surface area contributed by atoms with Crippen molar-refractivity contribution in [1.82, 2.24) is 19.3 Å². The molecule has 3 aromatic rings. The van der Waals surface area contributed by atoms with Gasteiger partial charge in [-0.3, -0.25) is 14.2 Å². The summed E-state index contributed by atoms with van der Waals surface area (Å²) in [4.78, 5) is 28.4. The molecular weight excluding hydrogens is 336 g/mol. The van der Waals surface area contributed by atoms with Gasteiger partial charge in [0.05, 0.1) is 25.0 Å². The molecule has 0 aliphatic carbocycles. The van der Waals surface area contributed by atoms with Crippen molar-refractivity contribution in [3.63, 3.8) is 0 Å². The molecule has 1 amide bonds. The second-order valence-electron chi connectivity index (χ2n) is 5.18. The third-order valence-corrected chi connectivity index (χ3v) is 3.45. The van der Waals surface area contributed by atoms with E-state index in [2.05, 4.69) is 15.4 Å². The Balaban J connectivity index is 1.81. The average Bonchev–Trinajstić information content (AvgIpc) is 2.97. The number of carbonyl (C=O) groups excluding carboxylic acids is 1. The Morgan fingerprint density at radius 2 is 2.12 bits per heavy atom. The molecule has 0 saturated heterocycles. The second kappa shape index (κ2) is 6.77. The molecular formula is C15H13F2N5O3. The Morgan fingerprint density at radius 1 is 1.32 bits per heavy atom. The molecule has 1 aromatic carbocycles. The van der Waals surface area contributed by atoms with Crippen molar-refractivity contribution < 1.29 is 18.7 Å². The Kier molecular flexibility index (Phi) is 4.52. The summed E-state index contributed by atoms with van der Waals surface area (Å²) in [5.41, 5.74) is -0.395. The number of benzene rings is 1. The number of hydrogen-bond donors (Lipinski definition) is 2. The highest BCUT2D eigenvalue weighted by molar-refractivity contribution is 5.90. The number of fused-ring (bicyclic) bond motifs is 1. The van der Waals surface area contributed by atoms with E-state index < -0.39 is 29.6 Å². The summed E-state index contributed by atoms with van der Waals surface area (Å²) in [7, 11) is 0. The number of anilines is 1. The molecule has 0 atom stereocenters. The highest BCUT2D eigenvalue weighted by Crippen LogP contribution is 2.14. The predicted molar refractivity (Wildman–Crippen MR) is 83.9 cm³/mol. The first-order valence-electron chi connectivity index (χ1n) is 7.26. The summed E-state index contributed by atoms with van der Waals surface area (Å²) < 4.78 is 28.8. The number of aromatic nitrogens is 4. The summed E-state index contributed by atoms with van der Waals surface area (Å²) in [6.07, 6.45) is 2.47. The van der Waals surface area contributed by atoms with Crippen LogP contribution in [0.1, 0.15) is 0 Å². The number of hydrogen-bond acceptors (Lipinski definition) is 5. The van der Waals surface area contributed by atoms with Crippen LogP contribution >= 0.6 is 0 Å². The summed E-state index contributed by atoms with van der Waals surface area (Å²) in [5, 5.41) is 15.3. The van der Waals surface area contributed by atoms with E-state index in [1.807, 2.05) is 0 Å². The highest BCUT2D eigenvalue weighted by atomic mass is 19.1. The molecule has 0 spiro atoms. The fourth-order valence-corrected chi connectivity index (χ4v) is 2.30. The Hall–Kier alpha value is -3.14. The van der Waals surface area contributed by atoms with Crippen molar-refractivity contribution in [1.29, 1.82) is 0 Å². The molecule has 2 aromatic heterocycles. The Bertz CT molecular complexity index is 998. The van der Waals surface area contributed by atoms with Crippen molar-refractivity contribution in [2.24, 2.45) is 0 Å². The lowest BCUT2D eigenvalue weighted by atomic mass is 10.3. The van der Waals surface area contributed by atoms with Gasteiger partial charge in [-0.2, -0.15) is 5.10 Å². The third-order valence-electron chi connectivity index (χ3n) is 3.45. The first-order valence-corrected chi connectivity index (χ1v) is 7.26. The number of carbonyl (C=O) groups is 1. The summed E-state index contributed by atoms with van der Waals surface area (Å²) in [6.45, 7) is -0.374. The van der Waals surface area contributed by atoms with Gasteiger partial charge in [-0.15, -0.1) is 0 Å². The number of nitrogens with one attached hydrogen (secondary N) is 1. The first kappa shape index (κ1) is 16.7. The predicted octanol–water partition coefficient (Wildman–Crippen LogP) is 0.502. The van der Waals surface area contributed by atoms with Crippen LogP contribution in [0.4, 0.5) is 14.5 Å². The first-order chi connectivity index (χ1) is 12.0. The minimum absolute atomic E-state index is 0.160. The molecule has 130 valence electrons. The Labute approximate surface area is 139 Å². The summed E-state index contributed by atoms with van der Waals surface area (Å²) in [5.74, 6) is -2.35. The molecule has 3 rings (SSSR count). The molecule has 0 aliphatic heterocycles. The monoisotopic (exact) mass is 349 g/mol. The van der Waals surface area contributed by atoms with Gasteiger partial charge in [-0.05, 0) is 12.1 Å². The summed E-state index contributed by atoms with van der Waals surface area (Å²) in [6, 6.07) is 2.74.